The van der Waals surface area contributed by atoms with Crippen LogP contribution in [-0.2, 0) is 0 Å². The van der Waals surface area contributed by atoms with Gasteiger partial charge in [0.2, 0.25) is 0 Å². The number of rotatable bonds is 4. The van der Waals surface area contributed by atoms with Gasteiger partial charge in [0.05, 0.1) is 12.1 Å². The zero-order valence-electron chi connectivity index (χ0n) is 10.7. The summed E-state index contributed by atoms with van der Waals surface area (Å²) < 4.78 is 24.8. The Labute approximate surface area is 108 Å². The Balaban J connectivity index is 2.31. The van der Waals surface area contributed by atoms with E-state index in [1.165, 1.54) is 6.20 Å². The number of halogens is 2. The first-order valence-corrected chi connectivity index (χ1v) is 5.91. The number of carbonyl (C=O) groups is 1. The van der Waals surface area contributed by atoms with Crippen LogP contribution in [0.2, 0.25) is 0 Å². The maximum atomic E-state index is 12.4. The molecule has 1 amide bonds. The third-order valence-electron chi connectivity index (χ3n) is 2.87. The predicted molar refractivity (Wildman–Crippen MR) is 66.2 cm³/mol. The standard InChI is InChI=1S/C12H14F2N4O/c1-3-18(6-10(13)14)12(19)8-4-9-7(2)16-17-11(9)15-5-8/h4-5,10H,3,6H2,1-2H3,(H,15,16,17). The van der Waals surface area contributed by atoms with Crippen molar-refractivity contribution in [3.63, 3.8) is 0 Å². The summed E-state index contributed by atoms with van der Waals surface area (Å²) in [5.41, 5.74) is 1.58. The van der Waals surface area contributed by atoms with Crippen LogP contribution in [0, 0.1) is 6.92 Å². The Hall–Kier alpha value is -2.05. The number of H-pyrrole nitrogens is 1. The van der Waals surface area contributed by atoms with Crippen LogP contribution in [0.5, 0.6) is 0 Å². The number of amides is 1. The highest BCUT2D eigenvalue weighted by Crippen LogP contribution is 2.16. The number of carbonyl (C=O) groups excluding carboxylic acids is 1. The number of fused-ring (bicyclic) bond motifs is 1. The van der Waals surface area contributed by atoms with Crippen LogP contribution in [0.15, 0.2) is 12.3 Å². The molecule has 0 radical (unpaired) electrons. The fourth-order valence-corrected chi connectivity index (χ4v) is 1.84. The minimum absolute atomic E-state index is 0.228. The van der Waals surface area contributed by atoms with E-state index in [2.05, 4.69) is 15.2 Å². The highest BCUT2D eigenvalue weighted by atomic mass is 19.3. The summed E-state index contributed by atoms with van der Waals surface area (Å²) in [6, 6.07) is 1.62. The molecule has 2 rings (SSSR count). The molecule has 0 aliphatic carbocycles. The molecule has 7 heteroatoms. The second-order valence-corrected chi connectivity index (χ2v) is 4.18. The number of aromatic amines is 1. The first kappa shape index (κ1) is 13.4. The SMILES string of the molecule is CCN(CC(F)F)C(=O)c1cnc2n[nH]c(C)c2c1. The van der Waals surface area contributed by atoms with Crippen LogP contribution < -0.4 is 0 Å². The third-order valence-corrected chi connectivity index (χ3v) is 2.87. The van der Waals surface area contributed by atoms with Gasteiger partial charge >= 0.3 is 0 Å². The number of pyridine rings is 1. The molecule has 0 aliphatic heterocycles. The number of hydrogen-bond acceptors (Lipinski definition) is 3. The fourth-order valence-electron chi connectivity index (χ4n) is 1.84. The highest BCUT2D eigenvalue weighted by Gasteiger charge is 2.19. The van der Waals surface area contributed by atoms with E-state index in [9.17, 15) is 13.6 Å². The first-order valence-electron chi connectivity index (χ1n) is 5.91. The van der Waals surface area contributed by atoms with E-state index in [0.717, 1.165) is 16.0 Å². The van der Waals surface area contributed by atoms with Crippen LogP contribution in [0.3, 0.4) is 0 Å². The number of nitrogens with one attached hydrogen (secondary N) is 1. The highest BCUT2D eigenvalue weighted by molar-refractivity contribution is 5.97. The second-order valence-electron chi connectivity index (χ2n) is 4.18. The van der Waals surface area contributed by atoms with Crippen LogP contribution in [0.25, 0.3) is 11.0 Å². The molecule has 0 spiro atoms. The maximum Gasteiger partial charge on any atom is 0.255 e. The van der Waals surface area contributed by atoms with Crippen molar-refractivity contribution in [1.29, 1.82) is 0 Å². The summed E-state index contributed by atoms with van der Waals surface area (Å²) in [5, 5.41) is 7.43. The third kappa shape index (κ3) is 2.69. The second kappa shape index (κ2) is 5.29. The Morgan fingerprint density at radius 1 is 1.53 bits per heavy atom. The predicted octanol–water partition coefficient (Wildman–Crippen LogP) is 1.99. The largest absolute Gasteiger partial charge is 0.333 e. The first-order chi connectivity index (χ1) is 9.02. The van der Waals surface area contributed by atoms with Crippen molar-refractivity contribution in [3.8, 4) is 0 Å². The van der Waals surface area contributed by atoms with Gasteiger partial charge in [-0.3, -0.25) is 9.89 Å². The number of nitrogens with zero attached hydrogens (tertiary/aromatic N) is 3. The lowest BCUT2D eigenvalue weighted by atomic mass is 10.2. The van der Waals surface area contributed by atoms with Gasteiger partial charge in [-0.2, -0.15) is 5.10 Å². The molecule has 102 valence electrons. The number of hydrogen-bond donors (Lipinski definition) is 1. The molecule has 0 saturated heterocycles. The molecule has 5 nitrogen and oxygen atoms in total. The minimum Gasteiger partial charge on any atom is -0.333 e. The topological polar surface area (TPSA) is 61.9 Å². The van der Waals surface area contributed by atoms with E-state index < -0.39 is 18.9 Å². The molecule has 1 N–H and O–H groups in total. The maximum absolute atomic E-state index is 12.4. The van der Waals surface area contributed by atoms with Crippen molar-refractivity contribution in [3.05, 3.63) is 23.5 Å². The average molecular weight is 268 g/mol. The van der Waals surface area contributed by atoms with Crippen LogP contribution in [-0.4, -0.2) is 45.5 Å². The smallest absolute Gasteiger partial charge is 0.255 e. The van der Waals surface area contributed by atoms with Crippen molar-refractivity contribution in [2.75, 3.05) is 13.1 Å². The van der Waals surface area contributed by atoms with Gasteiger partial charge in [-0.05, 0) is 19.9 Å². The van der Waals surface area contributed by atoms with E-state index in [4.69, 9.17) is 0 Å². The van der Waals surface area contributed by atoms with Gasteiger partial charge in [0.25, 0.3) is 12.3 Å². The summed E-state index contributed by atoms with van der Waals surface area (Å²) >= 11 is 0. The average Bonchev–Trinajstić information content (AvgIpc) is 2.76. The van der Waals surface area contributed by atoms with Crippen LogP contribution in [0.4, 0.5) is 8.78 Å². The van der Waals surface area contributed by atoms with E-state index in [1.54, 1.807) is 13.0 Å². The molecule has 0 unspecified atom stereocenters. The van der Waals surface area contributed by atoms with Gasteiger partial charge in [-0.1, -0.05) is 0 Å². The van der Waals surface area contributed by atoms with Gasteiger partial charge in [0.15, 0.2) is 5.65 Å². The molecule has 0 atom stereocenters. The molecular formula is C12H14F2N4O. The molecule has 2 aromatic heterocycles. The van der Waals surface area contributed by atoms with E-state index in [0.29, 0.717) is 11.2 Å². The lowest BCUT2D eigenvalue weighted by Gasteiger charge is -2.20. The molecule has 0 aliphatic rings. The van der Waals surface area contributed by atoms with Crippen molar-refractivity contribution >= 4 is 16.9 Å². The fraction of sp³-hybridized carbons (Fsp3) is 0.417. The Bertz CT molecular complexity index is 596. The van der Waals surface area contributed by atoms with Crippen molar-refractivity contribution < 1.29 is 13.6 Å². The molecule has 19 heavy (non-hydrogen) atoms. The zero-order chi connectivity index (χ0) is 14.0. The van der Waals surface area contributed by atoms with E-state index in [1.807, 2.05) is 6.92 Å². The quantitative estimate of drug-likeness (QED) is 0.922. The zero-order valence-corrected chi connectivity index (χ0v) is 10.7. The van der Waals surface area contributed by atoms with Gasteiger partial charge in [0.1, 0.15) is 0 Å². The van der Waals surface area contributed by atoms with Crippen LogP contribution >= 0.6 is 0 Å². The Morgan fingerprint density at radius 3 is 2.89 bits per heavy atom. The van der Waals surface area contributed by atoms with Crippen molar-refractivity contribution in [1.82, 2.24) is 20.1 Å². The number of aryl methyl sites for hydroxylation is 1. The van der Waals surface area contributed by atoms with Gasteiger partial charge in [-0.25, -0.2) is 13.8 Å². The minimum atomic E-state index is -2.55. The number of aromatic nitrogens is 3. The van der Waals surface area contributed by atoms with E-state index in [-0.39, 0.29) is 6.54 Å². The van der Waals surface area contributed by atoms with Crippen molar-refractivity contribution in [2.24, 2.45) is 0 Å². The lowest BCUT2D eigenvalue weighted by molar-refractivity contribution is 0.0569. The lowest BCUT2D eigenvalue weighted by Crippen LogP contribution is -2.34. The summed E-state index contributed by atoms with van der Waals surface area (Å²) in [7, 11) is 0. The van der Waals surface area contributed by atoms with Gasteiger partial charge < -0.3 is 4.90 Å². The molecule has 2 aromatic rings. The molecule has 0 bridgehead atoms. The Kier molecular flexibility index (Phi) is 3.73. The Morgan fingerprint density at radius 2 is 2.26 bits per heavy atom. The number of alkyl halides is 2. The normalized spacial score (nSPS) is 11.2. The molecule has 2 heterocycles. The molecular weight excluding hydrogens is 254 g/mol. The van der Waals surface area contributed by atoms with Crippen LogP contribution in [0.1, 0.15) is 23.0 Å². The van der Waals surface area contributed by atoms with Crippen molar-refractivity contribution in [2.45, 2.75) is 20.3 Å². The van der Waals surface area contributed by atoms with Gasteiger partial charge in [0, 0.05) is 23.8 Å². The monoisotopic (exact) mass is 268 g/mol. The summed E-state index contributed by atoms with van der Waals surface area (Å²) in [5.74, 6) is -0.446. The molecule has 0 saturated carbocycles. The summed E-state index contributed by atoms with van der Waals surface area (Å²) in [4.78, 5) is 17.3. The summed E-state index contributed by atoms with van der Waals surface area (Å²) in [6.45, 7) is 3.13. The van der Waals surface area contributed by atoms with Gasteiger partial charge in [-0.15, -0.1) is 0 Å². The summed E-state index contributed by atoms with van der Waals surface area (Å²) in [6.07, 6.45) is -1.18. The van der Waals surface area contributed by atoms with E-state index >= 15 is 0 Å². The molecule has 0 fully saturated rings. The molecule has 0 aromatic carbocycles.